The molecule has 0 fully saturated rings. The molecule has 1 N–H and O–H groups in total. The lowest BCUT2D eigenvalue weighted by Gasteiger charge is -1.98. The fraction of sp³-hybridized carbons (Fsp3) is 0.286. The zero-order chi connectivity index (χ0) is 15.4. The van der Waals surface area contributed by atoms with Crippen LogP contribution in [0.25, 0.3) is 10.2 Å². The Labute approximate surface area is 140 Å². The first-order valence-electron chi connectivity index (χ1n) is 6.85. The van der Waals surface area contributed by atoms with Crippen LogP contribution in [0.1, 0.15) is 18.4 Å². The fourth-order valence-electron chi connectivity index (χ4n) is 1.87. The number of anilines is 1. The third kappa shape index (κ3) is 3.82. The molecule has 0 aliphatic rings. The van der Waals surface area contributed by atoms with Crippen LogP contribution in [0.15, 0.2) is 28.6 Å². The average molecular weight is 350 g/mol. The van der Waals surface area contributed by atoms with Crippen LogP contribution in [0.4, 0.5) is 5.13 Å². The second kappa shape index (κ2) is 7.17. The molecule has 1 amide bonds. The number of aryl methyl sites for hydroxylation is 1. The number of thioether (sulfide) groups is 1. The third-order valence-corrected chi connectivity index (χ3v) is 5.78. The van der Waals surface area contributed by atoms with Gasteiger partial charge in [0, 0.05) is 12.8 Å². The summed E-state index contributed by atoms with van der Waals surface area (Å²) in [5, 5.41) is 12.3. The maximum atomic E-state index is 12.0. The second-order valence-electron chi connectivity index (χ2n) is 4.43. The van der Waals surface area contributed by atoms with Crippen molar-refractivity contribution in [2.75, 3.05) is 11.1 Å². The van der Waals surface area contributed by atoms with Gasteiger partial charge in [-0.05, 0) is 17.9 Å². The molecule has 8 heteroatoms. The largest absolute Gasteiger partial charge is 0.300 e. The molecule has 0 aliphatic heterocycles. The minimum absolute atomic E-state index is 0.0524. The number of aromatic nitrogens is 3. The van der Waals surface area contributed by atoms with E-state index in [0.29, 0.717) is 18.0 Å². The summed E-state index contributed by atoms with van der Waals surface area (Å²) in [6.45, 7) is 2.06. The van der Waals surface area contributed by atoms with Crippen molar-refractivity contribution in [1.82, 2.24) is 15.2 Å². The van der Waals surface area contributed by atoms with Gasteiger partial charge in [-0.1, -0.05) is 42.2 Å². The Kier molecular flexibility index (Phi) is 5.01. The minimum atomic E-state index is -0.0524. The molecule has 2 heterocycles. The molecule has 3 rings (SSSR count). The maximum absolute atomic E-state index is 12.0. The molecule has 0 unspecified atom stereocenters. The molecule has 22 heavy (non-hydrogen) atoms. The van der Waals surface area contributed by atoms with Crippen LogP contribution in [-0.2, 0) is 11.2 Å². The quantitative estimate of drug-likeness (QED) is 0.540. The Balaban J connectivity index is 1.55. The van der Waals surface area contributed by atoms with E-state index in [1.54, 1.807) is 23.1 Å². The third-order valence-electron chi connectivity index (χ3n) is 2.82. The summed E-state index contributed by atoms with van der Waals surface area (Å²) in [6.07, 6.45) is 1.04. The molecule has 0 spiro atoms. The minimum Gasteiger partial charge on any atom is -0.300 e. The van der Waals surface area contributed by atoms with Gasteiger partial charge in [0.1, 0.15) is 0 Å². The van der Waals surface area contributed by atoms with E-state index in [-0.39, 0.29) is 5.91 Å². The number of thiazole rings is 1. The van der Waals surface area contributed by atoms with E-state index in [4.69, 9.17) is 0 Å². The smallest absolute Gasteiger partial charge is 0.226 e. The number of hydrogen-bond acceptors (Lipinski definition) is 7. The number of benzene rings is 1. The normalized spacial score (nSPS) is 11.0. The van der Waals surface area contributed by atoms with Crippen LogP contribution in [0, 0.1) is 0 Å². The summed E-state index contributed by atoms with van der Waals surface area (Å²) in [6, 6.07) is 8.01. The fourth-order valence-corrected chi connectivity index (χ4v) is 4.50. The van der Waals surface area contributed by atoms with Gasteiger partial charge in [0.05, 0.1) is 15.2 Å². The highest BCUT2D eigenvalue weighted by Crippen LogP contribution is 2.25. The van der Waals surface area contributed by atoms with Crippen molar-refractivity contribution in [3.05, 3.63) is 29.3 Å². The Morgan fingerprint density at radius 2 is 2.14 bits per heavy atom. The predicted molar refractivity (Wildman–Crippen MR) is 92.9 cm³/mol. The molecule has 3 aromatic rings. The lowest BCUT2D eigenvalue weighted by molar-refractivity contribution is -0.116. The number of para-hydroxylation sites is 1. The van der Waals surface area contributed by atoms with Gasteiger partial charge in [0.2, 0.25) is 11.0 Å². The van der Waals surface area contributed by atoms with E-state index in [2.05, 4.69) is 27.4 Å². The van der Waals surface area contributed by atoms with Crippen molar-refractivity contribution in [3.63, 3.8) is 0 Å². The van der Waals surface area contributed by atoms with Gasteiger partial charge in [-0.25, -0.2) is 4.98 Å². The van der Waals surface area contributed by atoms with E-state index in [9.17, 15) is 4.79 Å². The van der Waals surface area contributed by atoms with Gasteiger partial charge in [-0.15, -0.1) is 21.5 Å². The zero-order valence-electron chi connectivity index (χ0n) is 11.9. The van der Waals surface area contributed by atoms with E-state index >= 15 is 0 Å². The second-order valence-corrected chi connectivity index (χ2v) is 8.03. The molecule has 114 valence electrons. The zero-order valence-corrected chi connectivity index (χ0v) is 14.4. The van der Waals surface area contributed by atoms with Crippen LogP contribution in [0.5, 0.6) is 0 Å². The molecule has 0 bridgehead atoms. The average Bonchev–Trinajstić information content (AvgIpc) is 3.12. The van der Waals surface area contributed by atoms with Crippen LogP contribution >= 0.6 is 34.4 Å². The summed E-state index contributed by atoms with van der Waals surface area (Å²) in [5.74, 6) is 0.892. The van der Waals surface area contributed by atoms with E-state index < -0.39 is 0 Å². The molecule has 2 aromatic heterocycles. The van der Waals surface area contributed by atoms with Crippen molar-refractivity contribution in [2.24, 2.45) is 0 Å². The van der Waals surface area contributed by atoms with Crippen molar-refractivity contribution in [2.45, 2.75) is 24.1 Å². The SMILES string of the molecule is CCSc1nnc(NC(=O)CCc2nc3ccccc3s2)s1. The lowest BCUT2D eigenvalue weighted by Crippen LogP contribution is -2.12. The highest BCUT2D eigenvalue weighted by Gasteiger charge is 2.10. The van der Waals surface area contributed by atoms with Crippen LogP contribution < -0.4 is 5.32 Å². The summed E-state index contributed by atoms with van der Waals surface area (Å²) < 4.78 is 2.03. The van der Waals surface area contributed by atoms with Crippen LogP contribution in [-0.4, -0.2) is 26.8 Å². The van der Waals surface area contributed by atoms with Crippen molar-refractivity contribution in [3.8, 4) is 0 Å². The van der Waals surface area contributed by atoms with Crippen LogP contribution in [0.3, 0.4) is 0 Å². The monoisotopic (exact) mass is 350 g/mol. The van der Waals surface area contributed by atoms with Crippen molar-refractivity contribution >= 4 is 55.7 Å². The number of amides is 1. The lowest BCUT2D eigenvalue weighted by atomic mass is 10.3. The predicted octanol–water partition coefficient (Wildman–Crippen LogP) is 3.83. The molecule has 1 aromatic carbocycles. The summed E-state index contributed by atoms with van der Waals surface area (Å²) in [4.78, 5) is 16.5. The Morgan fingerprint density at radius 1 is 1.27 bits per heavy atom. The van der Waals surface area contributed by atoms with E-state index in [1.807, 2.05) is 24.3 Å². The topological polar surface area (TPSA) is 67.8 Å². The molecule has 0 saturated carbocycles. The Hall–Kier alpha value is -1.51. The number of nitrogens with zero attached hydrogens (tertiary/aromatic N) is 3. The molecular formula is C14H14N4OS3. The first-order chi connectivity index (χ1) is 10.7. The highest BCUT2D eigenvalue weighted by molar-refractivity contribution is 8.01. The maximum Gasteiger partial charge on any atom is 0.226 e. The summed E-state index contributed by atoms with van der Waals surface area (Å²) in [5.41, 5.74) is 0.994. The Bertz CT molecular complexity index is 750. The molecule has 0 atom stereocenters. The van der Waals surface area contributed by atoms with Gasteiger partial charge >= 0.3 is 0 Å². The first kappa shape index (κ1) is 15.4. The molecule has 0 aliphatic carbocycles. The van der Waals surface area contributed by atoms with Crippen LogP contribution in [0.2, 0.25) is 0 Å². The molecule has 5 nitrogen and oxygen atoms in total. The Morgan fingerprint density at radius 3 is 2.95 bits per heavy atom. The van der Waals surface area contributed by atoms with Gasteiger partial charge in [-0.3, -0.25) is 4.79 Å². The van der Waals surface area contributed by atoms with E-state index in [0.717, 1.165) is 25.3 Å². The number of fused-ring (bicyclic) bond motifs is 1. The van der Waals surface area contributed by atoms with E-state index in [1.165, 1.54) is 11.3 Å². The van der Waals surface area contributed by atoms with Gasteiger partial charge in [-0.2, -0.15) is 0 Å². The molecular weight excluding hydrogens is 336 g/mol. The van der Waals surface area contributed by atoms with Gasteiger partial charge in [0.25, 0.3) is 0 Å². The number of hydrogen-bond donors (Lipinski definition) is 1. The summed E-state index contributed by atoms with van der Waals surface area (Å²) in [7, 11) is 0. The standard InChI is InChI=1S/C14H14N4OS3/c1-2-20-14-18-17-13(22-14)16-11(19)7-8-12-15-9-5-3-4-6-10(9)21-12/h3-6H,2,7-8H2,1H3,(H,16,17,19). The first-order valence-corrected chi connectivity index (χ1v) is 9.47. The number of rotatable bonds is 6. The van der Waals surface area contributed by atoms with Gasteiger partial charge in [0.15, 0.2) is 4.34 Å². The molecule has 0 radical (unpaired) electrons. The summed E-state index contributed by atoms with van der Waals surface area (Å²) >= 11 is 4.66. The number of carbonyl (C=O) groups is 1. The number of nitrogens with one attached hydrogen (secondary N) is 1. The highest BCUT2D eigenvalue weighted by atomic mass is 32.2. The van der Waals surface area contributed by atoms with Crippen molar-refractivity contribution in [1.29, 1.82) is 0 Å². The van der Waals surface area contributed by atoms with Gasteiger partial charge < -0.3 is 5.32 Å². The van der Waals surface area contributed by atoms with Crippen molar-refractivity contribution < 1.29 is 4.79 Å². The molecule has 0 saturated heterocycles. The number of carbonyl (C=O) groups excluding carboxylic acids is 1.